The van der Waals surface area contributed by atoms with Gasteiger partial charge in [-0.25, -0.2) is 0 Å². The van der Waals surface area contributed by atoms with Crippen LogP contribution in [0.1, 0.15) is 5.56 Å². The van der Waals surface area contributed by atoms with Crippen molar-refractivity contribution in [3.63, 3.8) is 0 Å². The van der Waals surface area contributed by atoms with Gasteiger partial charge in [-0.3, -0.25) is 4.98 Å². The van der Waals surface area contributed by atoms with E-state index in [1.807, 2.05) is 0 Å². The molecule has 0 aliphatic heterocycles. The van der Waals surface area contributed by atoms with E-state index in [1.54, 1.807) is 56.8 Å². The molecule has 0 spiro atoms. The highest BCUT2D eigenvalue weighted by atomic mass is 16.5. The van der Waals surface area contributed by atoms with Crippen molar-refractivity contribution in [2.75, 3.05) is 14.2 Å². The molecule has 122 valence electrons. The number of nitrogens with zero attached hydrogens (tertiary/aromatic N) is 1. The van der Waals surface area contributed by atoms with Gasteiger partial charge in [0.25, 0.3) is 0 Å². The van der Waals surface area contributed by atoms with Crippen molar-refractivity contribution in [3.05, 3.63) is 52.5 Å². The summed E-state index contributed by atoms with van der Waals surface area (Å²) < 4.78 is 10.6. The molecule has 0 amide bonds. The van der Waals surface area contributed by atoms with Gasteiger partial charge in [0.05, 0.1) is 14.2 Å². The topological polar surface area (TPSA) is 71.8 Å². The summed E-state index contributed by atoms with van der Waals surface area (Å²) in [4.78, 5) is 4.10. The van der Waals surface area contributed by atoms with E-state index >= 15 is 0 Å². The van der Waals surface area contributed by atoms with E-state index in [2.05, 4.69) is 11.6 Å². The molecule has 0 saturated carbocycles. The van der Waals surface area contributed by atoms with Gasteiger partial charge in [0.1, 0.15) is 28.5 Å². The van der Waals surface area contributed by atoms with Gasteiger partial charge in [0.2, 0.25) is 0 Å². The predicted molar refractivity (Wildman–Crippen MR) is 93.0 cm³/mol. The summed E-state index contributed by atoms with van der Waals surface area (Å²) in [7, 11) is 3.13. The van der Waals surface area contributed by atoms with Gasteiger partial charge in [-0.1, -0.05) is 6.58 Å². The lowest BCUT2D eigenvalue weighted by Crippen LogP contribution is -2.24. The number of methoxy groups -OCH3 is 2. The Balaban J connectivity index is 2.38. The maximum atomic E-state index is 10.6. The Bertz CT molecular complexity index is 1030. The number of phenols is 2. The minimum atomic E-state index is -0.0588. The second-order valence-corrected chi connectivity index (χ2v) is 5.24. The standard InChI is InChI=1S/C19H17NO4/c1-11-15(10-12-9-13(23-2)6-7-16(12)24-3)19(22)14-5-4-8-20-17(14)18(11)21/h4-10,21-22H,1H2,2-3H3/b15-10+. The summed E-state index contributed by atoms with van der Waals surface area (Å²) in [6, 6.07) is 8.72. The second kappa shape index (κ2) is 6.12. The first-order valence-corrected chi connectivity index (χ1v) is 7.28. The number of pyridine rings is 1. The molecule has 5 heteroatoms. The van der Waals surface area contributed by atoms with Gasteiger partial charge in [0.15, 0.2) is 0 Å². The molecule has 3 aromatic rings. The number of ether oxygens (including phenoxy) is 2. The number of phenolic OH excluding ortho intramolecular Hbond substituents is 2. The SMILES string of the molecule is C=c1c(O)c2ncccc2c(O)/c1=C/c1cc(OC)ccc1OC. The van der Waals surface area contributed by atoms with E-state index in [4.69, 9.17) is 9.47 Å². The van der Waals surface area contributed by atoms with Crippen molar-refractivity contribution in [1.82, 2.24) is 4.98 Å². The molecule has 0 atom stereocenters. The van der Waals surface area contributed by atoms with E-state index in [9.17, 15) is 10.2 Å². The van der Waals surface area contributed by atoms with Crippen LogP contribution in [0.25, 0.3) is 23.6 Å². The van der Waals surface area contributed by atoms with Gasteiger partial charge in [0, 0.05) is 27.6 Å². The van der Waals surface area contributed by atoms with Gasteiger partial charge in [-0.05, 0) is 36.4 Å². The molecule has 24 heavy (non-hydrogen) atoms. The summed E-state index contributed by atoms with van der Waals surface area (Å²) in [5, 5.41) is 22.1. The highest BCUT2D eigenvalue weighted by molar-refractivity contribution is 5.90. The third-order valence-electron chi connectivity index (χ3n) is 3.89. The Hall–Kier alpha value is -3.21. The fraction of sp³-hybridized carbons (Fsp3) is 0.105. The van der Waals surface area contributed by atoms with E-state index in [-0.39, 0.29) is 11.5 Å². The van der Waals surface area contributed by atoms with Crippen LogP contribution in [0.5, 0.6) is 23.0 Å². The molecule has 0 fully saturated rings. The average molecular weight is 323 g/mol. The van der Waals surface area contributed by atoms with Crippen molar-refractivity contribution < 1.29 is 19.7 Å². The van der Waals surface area contributed by atoms with Gasteiger partial charge in [-0.2, -0.15) is 0 Å². The molecule has 0 unspecified atom stereocenters. The normalized spacial score (nSPS) is 11.7. The number of benzene rings is 2. The van der Waals surface area contributed by atoms with Crippen molar-refractivity contribution in [3.8, 4) is 23.0 Å². The Morgan fingerprint density at radius 2 is 1.88 bits per heavy atom. The zero-order chi connectivity index (χ0) is 17.3. The molecule has 3 rings (SSSR count). The Morgan fingerprint density at radius 3 is 2.58 bits per heavy atom. The summed E-state index contributed by atoms with van der Waals surface area (Å²) in [6.45, 7) is 3.87. The number of aromatic hydroxyl groups is 2. The molecule has 2 aromatic carbocycles. The van der Waals surface area contributed by atoms with Crippen molar-refractivity contribution in [2.45, 2.75) is 0 Å². The summed E-state index contributed by atoms with van der Waals surface area (Å²) >= 11 is 0. The third kappa shape index (κ3) is 2.50. The molecule has 5 nitrogen and oxygen atoms in total. The van der Waals surface area contributed by atoms with E-state index in [0.29, 0.717) is 38.4 Å². The first-order chi connectivity index (χ1) is 11.6. The molecule has 1 heterocycles. The van der Waals surface area contributed by atoms with Crippen LogP contribution < -0.4 is 19.9 Å². The Labute approximate surface area is 138 Å². The average Bonchev–Trinajstić information content (AvgIpc) is 2.63. The lowest BCUT2D eigenvalue weighted by molar-refractivity contribution is 0.402. The predicted octanol–water partition coefficient (Wildman–Crippen LogP) is 1.90. The maximum absolute atomic E-state index is 10.6. The van der Waals surface area contributed by atoms with E-state index in [0.717, 1.165) is 0 Å². The molecular formula is C19H17NO4. The number of hydrogen-bond acceptors (Lipinski definition) is 5. The first kappa shape index (κ1) is 15.7. The van der Waals surface area contributed by atoms with Gasteiger partial charge < -0.3 is 19.7 Å². The number of aromatic nitrogens is 1. The zero-order valence-electron chi connectivity index (χ0n) is 13.4. The highest BCUT2D eigenvalue weighted by Crippen LogP contribution is 2.26. The highest BCUT2D eigenvalue weighted by Gasteiger charge is 2.11. The van der Waals surface area contributed by atoms with Crippen molar-refractivity contribution >= 4 is 23.6 Å². The van der Waals surface area contributed by atoms with Crippen molar-refractivity contribution in [1.29, 1.82) is 0 Å². The van der Waals surface area contributed by atoms with E-state index in [1.165, 1.54) is 0 Å². The molecule has 0 radical (unpaired) electrons. The van der Waals surface area contributed by atoms with Crippen molar-refractivity contribution in [2.24, 2.45) is 0 Å². The lowest BCUT2D eigenvalue weighted by Gasteiger charge is -2.09. The van der Waals surface area contributed by atoms with Crippen LogP contribution in [-0.2, 0) is 0 Å². The minimum absolute atomic E-state index is 0.00535. The summed E-state index contributed by atoms with van der Waals surface area (Å²) in [5.74, 6) is 1.21. The molecule has 0 bridgehead atoms. The summed E-state index contributed by atoms with van der Waals surface area (Å²) in [5.41, 5.74) is 1.01. The quantitative estimate of drug-likeness (QED) is 0.720. The first-order valence-electron chi connectivity index (χ1n) is 7.28. The zero-order valence-corrected chi connectivity index (χ0v) is 13.4. The van der Waals surface area contributed by atoms with E-state index < -0.39 is 0 Å². The monoisotopic (exact) mass is 323 g/mol. The molecule has 1 aromatic heterocycles. The van der Waals surface area contributed by atoms with Gasteiger partial charge in [-0.15, -0.1) is 0 Å². The number of rotatable bonds is 3. The number of fused-ring (bicyclic) bond motifs is 1. The molecule has 0 saturated heterocycles. The fourth-order valence-electron chi connectivity index (χ4n) is 2.61. The molecule has 2 N–H and O–H groups in total. The van der Waals surface area contributed by atoms with Crippen LogP contribution in [0.2, 0.25) is 0 Å². The smallest absolute Gasteiger partial charge is 0.149 e. The lowest BCUT2D eigenvalue weighted by atomic mass is 10.1. The van der Waals surface area contributed by atoms with Gasteiger partial charge >= 0.3 is 0 Å². The second-order valence-electron chi connectivity index (χ2n) is 5.24. The molecule has 0 aliphatic carbocycles. The molecular weight excluding hydrogens is 306 g/mol. The van der Waals surface area contributed by atoms with Crippen LogP contribution in [0.3, 0.4) is 0 Å². The Morgan fingerprint density at radius 1 is 1.08 bits per heavy atom. The number of hydrogen-bond donors (Lipinski definition) is 2. The maximum Gasteiger partial charge on any atom is 0.149 e. The van der Waals surface area contributed by atoms with Crippen LogP contribution in [0.15, 0.2) is 36.5 Å². The van der Waals surface area contributed by atoms with Crippen LogP contribution in [-0.4, -0.2) is 29.4 Å². The third-order valence-corrected chi connectivity index (χ3v) is 3.89. The largest absolute Gasteiger partial charge is 0.507 e. The van der Waals surface area contributed by atoms with Crippen LogP contribution in [0.4, 0.5) is 0 Å². The minimum Gasteiger partial charge on any atom is -0.507 e. The Kier molecular flexibility index (Phi) is 4.00. The fourth-order valence-corrected chi connectivity index (χ4v) is 2.61. The summed E-state index contributed by atoms with van der Waals surface area (Å²) in [6.07, 6.45) is 3.25. The molecule has 0 aliphatic rings. The van der Waals surface area contributed by atoms with Crippen LogP contribution in [0, 0.1) is 0 Å². The van der Waals surface area contributed by atoms with Crippen LogP contribution >= 0.6 is 0 Å².